The average Bonchev–Trinajstić information content (AvgIpc) is 3.11. The molecule has 2 aromatic carbocycles. The van der Waals surface area contributed by atoms with Gasteiger partial charge in [0.25, 0.3) is 0 Å². The summed E-state index contributed by atoms with van der Waals surface area (Å²) < 4.78 is 24.1. The number of carbonyl (C=O) groups is 1. The van der Waals surface area contributed by atoms with Gasteiger partial charge in [0, 0.05) is 16.4 Å². The summed E-state index contributed by atoms with van der Waals surface area (Å²) in [6, 6.07) is 19.9. The molecule has 0 N–H and O–H groups in total. The maximum Gasteiger partial charge on any atom is 0.306 e. The largest absolute Gasteiger partial charge is 0.459 e. The Morgan fingerprint density at radius 1 is 0.889 bits per heavy atom. The van der Waals surface area contributed by atoms with Crippen molar-refractivity contribution in [3.8, 4) is 0 Å². The standard InChI is InChI=1S/C21H20O5S/c22-17-11-15-18(25-17)19-16(24-21(15)27-14-9-5-2-6-10-14)12-23-20(26-19)13-7-3-1-4-8-13/h1-10,15-16,18-21H,11-12H2/t15?,16?,18-,19-,20?,21+/m1/s1. The maximum absolute atomic E-state index is 12.1. The van der Waals surface area contributed by atoms with Gasteiger partial charge in [0.1, 0.15) is 23.7 Å². The van der Waals surface area contributed by atoms with Crippen molar-refractivity contribution >= 4 is 17.7 Å². The van der Waals surface area contributed by atoms with Gasteiger partial charge in [0.05, 0.1) is 13.0 Å². The van der Waals surface area contributed by atoms with Crippen LogP contribution in [-0.4, -0.2) is 36.3 Å². The van der Waals surface area contributed by atoms with E-state index in [4.69, 9.17) is 18.9 Å². The molecule has 6 atom stereocenters. The van der Waals surface area contributed by atoms with E-state index in [1.54, 1.807) is 11.8 Å². The number of hydrogen-bond donors (Lipinski definition) is 0. The number of benzene rings is 2. The Balaban J connectivity index is 1.37. The predicted octanol–water partition coefficient (Wildman–Crippen LogP) is 3.55. The minimum Gasteiger partial charge on any atom is -0.459 e. The zero-order chi connectivity index (χ0) is 18.2. The summed E-state index contributed by atoms with van der Waals surface area (Å²) in [5.41, 5.74) is 0.795. The summed E-state index contributed by atoms with van der Waals surface area (Å²) in [5.74, 6) is -0.210. The molecule has 3 aliphatic heterocycles. The Morgan fingerprint density at radius 2 is 1.63 bits per heavy atom. The van der Waals surface area contributed by atoms with Crippen molar-refractivity contribution < 1.29 is 23.7 Å². The monoisotopic (exact) mass is 384 g/mol. The number of hydrogen-bond acceptors (Lipinski definition) is 6. The van der Waals surface area contributed by atoms with Crippen molar-refractivity contribution in [1.82, 2.24) is 0 Å². The molecule has 6 heteroatoms. The van der Waals surface area contributed by atoms with E-state index in [9.17, 15) is 4.79 Å². The second kappa shape index (κ2) is 7.28. The highest BCUT2D eigenvalue weighted by Crippen LogP contribution is 2.46. The fourth-order valence-corrected chi connectivity index (χ4v) is 5.12. The molecule has 140 valence electrons. The lowest BCUT2D eigenvalue weighted by Crippen LogP contribution is -2.57. The van der Waals surface area contributed by atoms with E-state index in [2.05, 4.69) is 0 Å². The molecule has 3 unspecified atom stereocenters. The van der Waals surface area contributed by atoms with Crippen molar-refractivity contribution in [2.75, 3.05) is 6.61 Å². The van der Waals surface area contributed by atoms with Gasteiger partial charge in [-0.25, -0.2) is 0 Å². The van der Waals surface area contributed by atoms with Crippen molar-refractivity contribution in [1.29, 1.82) is 0 Å². The van der Waals surface area contributed by atoms with Crippen LogP contribution in [0, 0.1) is 5.92 Å². The van der Waals surface area contributed by atoms with Gasteiger partial charge in [-0.05, 0) is 12.1 Å². The smallest absolute Gasteiger partial charge is 0.306 e. The van der Waals surface area contributed by atoms with Crippen LogP contribution in [-0.2, 0) is 23.7 Å². The summed E-state index contributed by atoms with van der Waals surface area (Å²) in [6.07, 6.45) is -0.966. The van der Waals surface area contributed by atoms with Crippen LogP contribution in [0.4, 0.5) is 0 Å². The van der Waals surface area contributed by atoms with E-state index >= 15 is 0 Å². The fraction of sp³-hybridized carbons (Fsp3) is 0.381. The van der Waals surface area contributed by atoms with Crippen molar-refractivity contribution in [2.24, 2.45) is 5.92 Å². The highest BCUT2D eigenvalue weighted by Gasteiger charge is 2.55. The van der Waals surface area contributed by atoms with E-state index in [1.165, 1.54) is 0 Å². The summed E-state index contributed by atoms with van der Waals surface area (Å²) in [4.78, 5) is 13.2. The number of carbonyl (C=O) groups excluding carboxylic acids is 1. The molecule has 3 saturated heterocycles. The quantitative estimate of drug-likeness (QED) is 0.755. The lowest BCUT2D eigenvalue weighted by atomic mass is 9.91. The lowest BCUT2D eigenvalue weighted by Gasteiger charge is -2.46. The molecule has 2 aromatic rings. The van der Waals surface area contributed by atoms with Gasteiger partial charge in [-0.15, -0.1) is 0 Å². The van der Waals surface area contributed by atoms with Crippen LogP contribution < -0.4 is 0 Å². The number of ether oxygens (including phenoxy) is 4. The SMILES string of the molecule is O=C1CC2[C@@H](O1)[C@@H]1OC(c3ccccc3)OCC1O[C@H]2Sc1ccccc1. The lowest BCUT2D eigenvalue weighted by molar-refractivity contribution is -0.307. The third-order valence-electron chi connectivity index (χ3n) is 5.20. The normalized spacial score (nSPS) is 35.2. The highest BCUT2D eigenvalue weighted by atomic mass is 32.2. The maximum atomic E-state index is 12.1. The molecule has 3 aliphatic rings. The molecule has 5 rings (SSSR count). The van der Waals surface area contributed by atoms with Crippen molar-refractivity contribution in [3.63, 3.8) is 0 Å². The molecule has 0 amide bonds. The molecule has 0 aromatic heterocycles. The average molecular weight is 384 g/mol. The minimum absolute atomic E-state index is 0.0292. The first-order valence-corrected chi connectivity index (χ1v) is 10.0. The van der Waals surface area contributed by atoms with Gasteiger partial charge >= 0.3 is 5.97 Å². The molecule has 0 spiro atoms. The first-order valence-electron chi connectivity index (χ1n) is 9.16. The Hall–Kier alpha value is -1.86. The van der Waals surface area contributed by atoms with E-state index in [-0.39, 0.29) is 35.6 Å². The number of esters is 1. The molecule has 5 nitrogen and oxygen atoms in total. The second-order valence-electron chi connectivity index (χ2n) is 6.97. The number of fused-ring (bicyclic) bond motifs is 3. The molecular formula is C21H20O5S. The Morgan fingerprint density at radius 3 is 2.41 bits per heavy atom. The van der Waals surface area contributed by atoms with Crippen LogP contribution in [0.5, 0.6) is 0 Å². The van der Waals surface area contributed by atoms with E-state index in [0.717, 1.165) is 10.5 Å². The summed E-state index contributed by atoms with van der Waals surface area (Å²) in [7, 11) is 0. The second-order valence-corrected chi connectivity index (χ2v) is 8.14. The van der Waals surface area contributed by atoms with Crippen LogP contribution in [0.2, 0.25) is 0 Å². The van der Waals surface area contributed by atoms with Gasteiger partial charge in [-0.2, -0.15) is 0 Å². The van der Waals surface area contributed by atoms with Crippen LogP contribution in [0.25, 0.3) is 0 Å². The first kappa shape index (κ1) is 17.3. The van der Waals surface area contributed by atoms with Gasteiger partial charge in [-0.1, -0.05) is 60.3 Å². The van der Waals surface area contributed by atoms with Crippen molar-refractivity contribution in [2.45, 2.75) is 41.4 Å². The van der Waals surface area contributed by atoms with Crippen LogP contribution in [0.3, 0.4) is 0 Å². The minimum atomic E-state index is -0.464. The van der Waals surface area contributed by atoms with Gasteiger partial charge < -0.3 is 18.9 Å². The Bertz CT molecular complexity index is 799. The fourth-order valence-electron chi connectivity index (χ4n) is 3.92. The van der Waals surface area contributed by atoms with E-state index in [1.807, 2.05) is 60.7 Å². The van der Waals surface area contributed by atoms with Gasteiger partial charge in [0.2, 0.25) is 0 Å². The van der Waals surface area contributed by atoms with Gasteiger partial charge in [-0.3, -0.25) is 4.79 Å². The Kier molecular flexibility index (Phi) is 4.65. The summed E-state index contributed by atoms with van der Waals surface area (Å²) >= 11 is 1.63. The van der Waals surface area contributed by atoms with Crippen LogP contribution >= 0.6 is 11.8 Å². The molecule has 3 heterocycles. The molecular weight excluding hydrogens is 364 g/mol. The number of thioether (sulfide) groups is 1. The van der Waals surface area contributed by atoms with E-state index < -0.39 is 6.29 Å². The molecule has 27 heavy (non-hydrogen) atoms. The molecule has 0 saturated carbocycles. The van der Waals surface area contributed by atoms with Crippen molar-refractivity contribution in [3.05, 3.63) is 66.2 Å². The number of rotatable bonds is 3. The highest BCUT2D eigenvalue weighted by molar-refractivity contribution is 7.99. The summed E-state index contributed by atoms with van der Waals surface area (Å²) in [6.45, 7) is 0.414. The van der Waals surface area contributed by atoms with Crippen LogP contribution in [0.15, 0.2) is 65.6 Å². The Labute approximate surface area is 161 Å². The third-order valence-corrected chi connectivity index (χ3v) is 6.44. The zero-order valence-corrected chi connectivity index (χ0v) is 15.4. The third kappa shape index (κ3) is 3.38. The molecule has 0 aliphatic carbocycles. The summed E-state index contributed by atoms with van der Waals surface area (Å²) in [5, 5.41) is 0. The van der Waals surface area contributed by atoms with Gasteiger partial charge in [0.15, 0.2) is 6.29 Å². The van der Waals surface area contributed by atoms with E-state index in [0.29, 0.717) is 13.0 Å². The first-order chi connectivity index (χ1) is 13.3. The zero-order valence-electron chi connectivity index (χ0n) is 14.6. The predicted molar refractivity (Wildman–Crippen MR) is 99.0 cm³/mol. The van der Waals surface area contributed by atoms with Crippen LogP contribution in [0.1, 0.15) is 18.3 Å². The molecule has 0 bridgehead atoms. The molecule has 0 radical (unpaired) electrons. The topological polar surface area (TPSA) is 54.0 Å². The molecule has 3 fully saturated rings.